The van der Waals surface area contributed by atoms with E-state index in [4.69, 9.17) is 4.42 Å². The number of oxazole rings is 1. The van der Waals surface area contributed by atoms with Crippen molar-refractivity contribution in [2.75, 3.05) is 18.5 Å². The molecule has 1 aliphatic rings. The zero-order valence-corrected chi connectivity index (χ0v) is 10.6. The summed E-state index contributed by atoms with van der Waals surface area (Å²) < 4.78 is 5.53. The summed E-state index contributed by atoms with van der Waals surface area (Å²) in [5, 5.41) is 5.24. The van der Waals surface area contributed by atoms with Crippen molar-refractivity contribution in [3.8, 4) is 0 Å². The number of fused-ring (bicyclic) bond motifs is 1. The monoisotopic (exact) mass is 249 g/mol. The van der Waals surface area contributed by atoms with Gasteiger partial charge in [-0.25, -0.2) is 0 Å². The van der Waals surface area contributed by atoms with E-state index >= 15 is 0 Å². The molecule has 3 rings (SSSR count). The van der Waals surface area contributed by atoms with E-state index < -0.39 is 0 Å². The predicted molar refractivity (Wildman–Crippen MR) is 68.3 cm³/mol. The first-order chi connectivity index (χ1) is 8.36. The van der Waals surface area contributed by atoms with Crippen molar-refractivity contribution in [1.82, 2.24) is 10.3 Å². The standard InChI is InChI=1S/C12H15N3OS/c1-13-6-10-8-16-12(14-10)15-4-2-11-9(7-15)3-5-17-11/h3,5,8,13H,2,4,6-7H2,1H3. The lowest BCUT2D eigenvalue weighted by atomic mass is 10.1. The summed E-state index contributed by atoms with van der Waals surface area (Å²) >= 11 is 1.85. The van der Waals surface area contributed by atoms with Gasteiger partial charge in [0.05, 0.1) is 5.69 Å². The molecule has 0 aliphatic carbocycles. The summed E-state index contributed by atoms with van der Waals surface area (Å²) in [5.74, 6) is 0. The summed E-state index contributed by atoms with van der Waals surface area (Å²) in [7, 11) is 1.91. The van der Waals surface area contributed by atoms with E-state index in [0.717, 1.165) is 37.8 Å². The van der Waals surface area contributed by atoms with Gasteiger partial charge in [-0.1, -0.05) is 0 Å². The van der Waals surface area contributed by atoms with Crippen LogP contribution in [-0.2, 0) is 19.5 Å². The summed E-state index contributed by atoms with van der Waals surface area (Å²) in [4.78, 5) is 8.19. The highest BCUT2D eigenvalue weighted by Gasteiger charge is 2.20. The zero-order chi connectivity index (χ0) is 11.7. The van der Waals surface area contributed by atoms with Crippen LogP contribution in [0.1, 0.15) is 16.1 Å². The van der Waals surface area contributed by atoms with Gasteiger partial charge in [0.15, 0.2) is 0 Å². The number of rotatable bonds is 3. The van der Waals surface area contributed by atoms with Crippen LogP contribution >= 0.6 is 11.3 Å². The second-order valence-electron chi connectivity index (χ2n) is 4.19. The van der Waals surface area contributed by atoms with E-state index in [1.807, 2.05) is 18.4 Å². The van der Waals surface area contributed by atoms with Crippen LogP contribution < -0.4 is 10.2 Å². The molecular weight excluding hydrogens is 234 g/mol. The molecule has 90 valence electrons. The lowest BCUT2D eigenvalue weighted by Crippen LogP contribution is -2.29. The fraction of sp³-hybridized carbons (Fsp3) is 0.417. The highest BCUT2D eigenvalue weighted by molar-refractivity contribution is 7.10. The van der Waals surface area contributed by atoms with Gasteiger partial charge in [-0.2, -0.15) is 4.98 Å². The Morgan fingerprint density at radius 1 is 1.59 bits per heavy atom. The van der Waals surface area contributed by atoms with Gasteiger partial charge in [-0.3, -0.25) is 0 Å². The molecule has 0 atom stereocenters. The van der Waals surface area contributed by atoms with Crippen LogP contribution in [0.2, 0.25) is 0 Å². The summed E-state index contributed by atoms with van der Waals surface area (Å²) in [6.45, 7) is 2.66. The molecule has 2 aromatic rings. The molecule has 0 amide bonds. The van der Waals surface area contributed by atoms with Gasteiger partial charge in [0, 0.05) is 24.5 Å². The number of nitrogens with zero attached hydrogens (tertiary/aromatic N) is 2. The SMILES string of the molecule is CNCc1coc(N2CCc3sccc3C2)n1. The number of hydrogen-bond acceptors (Lipinski definition) is 5. The average Bonchev–Trinajstić information content (AvgIpc) is 2.96. The van der Waals surface area contributed by atoms with Gasteiger partial charge < -0.3 is 14.6 Å². The topological polar surface area (TPSA) is 41.3 Å². The molecule has 17 heavy (non-hydrogen) atoms. The molecule has 0 spiro atoms. The fourth-order valence-corrected chi connectivity index (χ4v) is 3.01. The van der Waals surface area contributed by atoms with E-state index in [1.54, 1.807) is 6.26 Å². The second kappa shape index (κ2) is 4.50. The van der Waals surface area contributed by atoms with Gasteiger partial charge in [0.25, 0.3) is 6.01 Å². The van der Waals surface area contributed by atoms with Crippen LogP contribution in [0.4, 0.5) is 6.01 Å². The number of aromatic nitrogens is 1. The molecule has 0 radical (unpaired) electrons. The maximum Gasteiger partial charge on any atom is 0.297 e. The first-order valence-electron chi connectivity index (χ1n) is 5.76. The van der Waals surface area contributed by atoms with Crippen molar-refractivity contribution in [2.24, 2.45) is 0 Å². The Kier molecular flexibility index (Phi) is 2.86. The van der Waals surface area contributed by atoms with E-state index in [-0.39, 0.29) is 0 Å². The number of anilines is 1. The molecular formula is C12H15N3OS. The van der Waals surface area contributed by atoms with Gasteiger partial charge in [0.1, 0.15) is 6.26 Å². The molecule has 0 saturated heterocycles. The first-order valence-corrected chi connectivity index (χ1v) is 6.64. The molecule has 0 saturated carbocycles. The van der Waals surface area contributed by atoms with Crippen LogP contribution in [0.3, 0.4) is 0 Å². The zero-order valence-electron chi connectivity index (χ0n) is 9.77. The minimum Gasteiger partial charge on any atom is -0.432 e. The summed E-state index contributed by atoms with van der Waals surface area (Å²) in [5.41, 5.74) is 2.37. The molecule has 0 unspecified atom stereocenters. The van der Waals surface area contributed by atoms with Crippen LogP contribution in [0.5, 0.6) is 0 Å². The van der Waals surface area contributed by atoms with Crippen LogP contribution in [0.15, 0.2) is 22.1 Å². The van der Waals surface area contributed by atoms with E-state index in [0.29, 0.717) is 0 Å². The van der Waals surface area contributed by atoms with Crippen molar-refractivity contribution in [2.45, 2.75) is 19.5 Å². The Morgan fingerprint density at radius 2 is 2.53 bits per heavy atom. The van der Waals surface area contributed by atoms with Crippen LogP contribution in [-0.4, -0.2) is 18.6 Å². The Hall–Kier alpha value is -1.33. The van der Waals surface area contributed by atoms with Crippen molar-refractivity contribution in [3.05, 3.63) is 33.8 Å². The minimum atomic E-state index is 0.743. The molecule has 3 heterocycles. The lowest BCUT2D eigenvalue weighted by Gasteiger charge is -2.25. The molecule has 0 aromatic carbocycles. The maximum absolute atomic E-state index is 5.53. The van der Waals surface area contributed by atoms with Crippen molar-refractivity contribution in [1.29, 1.82) is 0 Å². The Balaban J connectivity index is 1.77. The molecule has 5 heteroatoms. The third kappa shape index (κ3) is 2.08. The van der Waals surface area contributed by atoms with Gasteiger partial charge in [0.2, 0.25) is 0 Å². The van der Waals surface area contributed by atoms with Crippen LogP contribution in [0.25, 0.3) is 0 Å². The smallest absolute Gasteiger partial charge is 0.297 e. The highest BCUT2D eigenvalue weighted by Crippen LogP contribution is 2.27. The largest absolute Gasteiger partial charge is 0.432 e. The van der Waals surface area contributed by atoms with Crippen molar-refractivity contribution in [3.63, 3.8) is 0 Å². The average molecular weight is 249 g/mol. The molecule has 0 bridgehead atoms. The normalized spacial score (nSPS) is 15.0. The van der Waals surface area contributed by atoms with E-state index in [1.165, 1.54) is 10.4 Å². The predicted octanol–water partition coefficient (Wildman–Crippen LogP) is 2.02. The third-order valence-electron chi connectivity index (χ3n) is 2.98. The number of nitrogens with one attached hydrogen (secondary N) is 1. The fourth-order valence-electron chi connectivity index (χ4n) is 2.12. The third-order valence-corrected chi connectivity index (χ3v) is 4.00. The molecule has 2 aromatic heterocycles. The van der Waals surface area contributed by atoms with Gasteiger partial charge in [-0.05, 0) is 30.5 Å². The van der Waals surface area contributed by atoms with Crippen LogP contribution in [0, 0.1) is 0 Å². The summed E-state index contributed by atoms with van der Waals surface area (Å²) in [6, 6.07) is 2.94. The van der Waals surface area contributed by atoms with Crippen molar-refractivity contribution >= 4 is 17.4 Å². The van der Waals surface area contributed by atoms with Gasteiger partial charge >= 0.3 is 0 Å². The first kappa shape index (κ1) is 10.8. The summed E-state index contributed by atoms with van der Waals surface area (Å²) in [6.07, 6.45) is 2.83. The maximum atomic E-state index is 5.53. The molecule has 1 aliphatic heterocycles. The molecule has 4 nitrogen and oxygen atoms in total. The quantitative estimate of drug-likeness (QED) is 0.903. The highest BCUT2D eigenvalue weighted by atomic mass is 32.1. The lowest BCUT2D eigenvalue weighted by molar-refractivity contribution is 0.524. The minimum absolute atomic E-state index is 0.743. The van der Waals surface area contributed by atoms with E-state index in [2.05, 4.69) is 26.6 Å². The molecule has 0 fully saturated rings. The van der Waals surface area contributed by atoms with Gasteiger partial charge in [-0.15, -0.1) is 11.3 Å². The Labute approximate surface area is 104 Å². The molecule has 1 N–H and O–H groups in total. The number of hydrogen-bond donors (Lipinski definition) is 1. The second-order valence-corrected chi connectivity index (χ2v) is 5.19. The Bertz CT molecular complexity index is 505. The number of thiophene rings is 1. The van der Waals surface area contributed by atoms with Crippen molar-refractivity contribution < 1.29 is 4.42 Å². The Morgan fingerprint density at radius 3 is 3.41 bits per heavy atom. The van der Waals surface area contributed by atoms with E-state index in [9.17, 15) is 0 Å².